The molecule has 1 aromatic rings. The molecule has 1 aromatic carbocycles. The summed E-state index contributed by atoms with van der Waals surface area (Å²) in [6, 6.07) is 9.53. The minimum absolute atomic E-state index is 0. The van der Waals surface area contributed by atoms with E-state index in [1.165, 1.54) is 0 Å². The van der Waals surface area contributed by atoms with Gasteiger partial charge < -0.3 is 20.1 Å². The largest absolute Gasteiger partial charge is 0.493 e. The third-order valence-electron chi connectivity index (χ3n) is 5.21. The molecule has 0 aromatic heterocycles. The molecule has 1 atom stereocenters. The number of carbonyl (C=O) groups excluding carboxylic acids is 1. The summed E-state index contributed by atoms with van der Waals surface area (Å²) >= 11 is 0. The number of likely N-dealkylation sites (tertiary alicyclic amines) is 1. The van der Waals surface area contributed by atoms with Gasteiger partial charge in [0.15, 0.2) is 0 Å². The third-order valence-corrected chi connectivity index (χ3v) is 5.21. The quantitative estimate of drug-likeness (QED) is 0.867. The molecule has 2 fully saturated rings. The van der Waals surface area contributed by atoms with Gasteiger partial charge >= 0.3 is 0 Å². The maximum atomic E-state index is 12.6. The van der Waals surface area contributed by atoms with Crippen LogP contribution in [0.25, 0.3) is 0 Å². The standard InChI is InChI=1S/C19H28N2O3.ClH/c20-18(16-8-12-23-13-9-16)19(22)21-10-6-15(7-11-21)14-24-17-4-2-1-3-5-17;/h1-5,15-16,18H,6-14,20H2;1H. The number of nitrogens with two attached hydrogens (primary N) is 1. The predicted octanol–water partition coefficient (Wildman–Crippen LogP) is 2.48. The average molecular weight is 369 g/mol. The molecule has 2 N–H and O–H groups in total. The van der Waals surface area contributed by atoms with Crippen LogP contribution in [-0.2, 0) is 9.53 Å². The van der Waals surface area contributed by atoms with E-state index in [4.69, 9.17) is 15.2 Å². The van der Waals surface area contributed by atoms with Gasteiger partial charge in [-0.25, -0.2) is 0 Å². The number of benzene rings is 1. The topological polar surface area (TPSA) is 64.8 Å². The summed E-state index contributed by atoms with van der Waals surface area (Å²) in [5.74, 6) is 1.81. The number of rotatable bonds is 5. The number of hydrogen-bond donors (Lipinski definition) is 1. The second kappa shape index (κ2) is 10.00. The van der Waals surface area contributed by atoms with Gasteiger partial charge in [0.25, 0.3) is 0 Å². The van der Waals surface area contributed by atoms with Crippen molar-refractivity contribution in [3.63, 3.8) is 0 Å². The maximum absolute atomic E-state index is 12.6. The molecule has 1 amide bonds. The van der Waals surface area contributed by atoms with Crippen LogP contribution in [0.3, 0.4) is 0 Å². The zero-order chi connectivity index (χ0) is 16.8. The Balaban J connectivity index is 0.00000225. The van der Waals surface area contributed by atoms with Gasteiger partial charge in [-0.15, -0.1) is 12.4 Å². The van der Waals surface area contributed by atoms with Crippen LogP contribution >= 0.6 is 12.4 Å². The number of hydrogen-bond acceptors (Lipinski definition) is 4. The molecule has 0 saturated carbocycles. The van der Waals surface area contributed by atoms with Crippen molar-refractivity contribution >= 4 is 18.3 Å². The number of carbonyl (C=O) groups is 1. The Hall–Kier alpha value is -1.30. The average Bonchev–Trinajstić information content (AvgIpc) is 2.67. The fraction of sp³-hybridized carbons (Fsp3) is 0.632. The Bertz CT molecular complexity index is 515. The lowest BCUT2D eigenvalue weighted by Crippen LogP contribution is -2.51. The van der Waals surface area contributed by atoms with Crippen molar-refractivity contribution in [3.8, 4) is 5.75 Å². The lowest BCUT2D eigenvalue weighted by molar-refractivity contribution is -0.136. The molecule has 140 valence electrons. The Morgan fingerprint density at radius 3 is 2.44 bits per heavy atom. The van der Waals surface area contributed by atoms with E-state index in [2.05, 4.69) is 0 Å². The lowest BCUT2D eigenvalue weighted by Gasteiger charge is -2.36. The van der Waals surface area contributed by atoms with E-state index < -0.39 is 0 Å². The molecule has 0 bridgehead atoms. The lowest BCUT2D eigenvalue weighted by atomic mass is 9.90. The van der Waals surface area contributed by atoms with Crippen molar-refractivity contribution in [2.45, 2.75) is 31.7 Å². The van der Waals surface area contributed by atoms with E-state index in [1.54, 1.807) is 0 Å². The van der Waals surface area contributed by atoms with Crippen LogP contribution in [-0.4, -0.2) is 49.8 Å². The van der Waals surface area contributed by atoms with Crippen molar-refractivity contribution in [2.24, 2.45) is 17.6 Å². The zero-order valence-electron chi connectivity index (χ0n) is 14.6. The van der Waals surface area contributed by atoms with E-state index >= 15 is 0 Å². The van der Waals surface area contributed by atoms with Crippen LogP contribution in [0.5, 0.6) is 5.75 Å². The summed E-state index contributed by atoms with van der Waals surface area (Å²) in [5.41, 5.74) is 6.22. The van der Waals surface area contributed by atoms with Gasteiger partial charge in [0.2, 0.25) is 5.91 Å². The van der Waals surface area contributed by atoms with Crippen molar-refractivity contribution < 1.29 is 14.3 Å². The van der Waals surface area contributed by atoms with Crippen LogP contribution in [0, 0.1) is 11.8 Å². The number of ether oxygens (including phenoxy) is 2. The van der Waals surface area contributed by atoms with Crippen molar-refractivity contribution in [1.82, 2.24) is 4.90 Å². The molecule has 2 saturated heterocycles. The van der Waals surface area contributed by atoms with E-state index in [-0.39, 0.29) is 30.3 Å². The molecule has 0 radical (unpaired) electrons. The first kappa shape index (κ1) is 20.0. The van der Waals surface area contributed by atoms with Gasteiger partial charge in [-0.1, -0.05) is 18.2 Å². The van der Waals surface area contributed by atoms with Crippen LogP contribution in [0.15, 0.2) is 30.3 Å². The Kier molecular flexibility index (Phi) is 8.00. The maximum Gasteiger partial charge on any atom is 0.239 e. The van der Waals surface area contributed by atoms with Crippen molar-refractivity contribution in [1.29, 1.82) is 0 Å². The Morgan fingerprint density at radius 1 is 1.16 bits per heavy atom. The molecule has 5 nitrogen and oxygen atoms in total. The summed E-state index contributed by atoms with van der Waals surface area (Å²) in [6.07, 6.45) is 3.76. The molecule has 2 aliphatic heterocycles. The summed E-state index contributed by atoms with van der Waals surface area (Å²) < 4.78 is 11.2. The number of halogens is 1. The summed E-state index contributed by atoms with van der Waals surface area (Å²) in [6.45, 7) is 3.75. The van der Waals surface area contributed by atoms with Gasteiger partial charge in [0.1, 0.15) is 5.75 Å². The normalized spacial score (nSPS) is 20.6. The molecular weight excluding hydrogens is 340 g/mol. The molecule has 3 rings (SSSR count). The fourth-order valence-electron chi connectivity index (χ4n) is 3.54. The first-order chi connectivity index (χ1) is 11.7. The number of piperidine rings is 1. The first-order valence-corrected chi connectivity index (χ1v) is 9.04. The zero-order valence-corrected chi connectivity index (χ0v) is 15.5. The Labute approximate surface area is 156 Å². The second-order valence-corrected chi connectivity index (χ2v) is 6.87. The number of amides is 1. The van der Waals surface area contributed by atoms with Gasteiger partial charge in [-0.3, -0.25) is 4.79 Å². The smallest absolute Gasteiger partial charge is 0.239 e. The highest BCUT2D eigenvalue weighted by Crippen LogP contribution is 2.23. The van der Waals surface area contributed by atoms with Crippen molar-refractivity contribution in [2.75, 3.05) is 32.9 Å². The van der Waals surface area contributed by atoms with E-state index in [0.29, 0.717) is 5.92 Å². The minimum Gasteiger partial charge on any atom is -0.493 e. The monoisotopic (exact) mass is 368 g/mol. The van der Waals surface area contributed by atoms with Crippen LogP contribution in [0.2, 0.25) is 0 Å². The highest BCUT2D eigenvalue weighted by molar-refractivity contribution is 5.85. The summed E-state index contributed by atoms with van der Waals surface area (Å²) in [5, 5.41) is 0. The van der Waals surface area contributed by atoms with E-state index in [9.17, 15) is 4.79 Å². The van der Waals surface area contributed by atoms with E-state index in [1.807, 2.05) is 35.2 Å². The Morgan fingerprint density at radius 2 is 1.80 bits per heavy atom. The third kappa shape index (κ3) is 5.59. The first-order valence-electron chi connectivity index (χ1n) is 9.04. The highest BCUT2D eigenvalue weighted by atomic mass is 35.5. The molecule has 0 aliphatic carbocycles. The SMILES string of the molecule is Cl.NC(C(=O)N1CCC(COc2ccccc2)CC1)C1CCOCC1. The van der Waals surface area contributed by atoms with Crippen LogP contribution in [0.1, 0.15) is 25.7 Å². The molecule has 2 aliphatic rings. The van der Waals surface area contributed by atoms with Crippen LogP contribution in [0.4, 0.5) is 0 Å². The van der Waals surface area contributed by atoms with Gasteiger partial charge in [0, 0.05) is 26.3 Å². The fourth-order valence-corrected chi connectivity index (χ4v) is 3.54. The molecular formula is C19H29ClN2O3. The van der Waals surface area contributed by atoms with Gasteiger partial charge in [-0.2, -0.15) is 0 Å². The predicted molar refractivity (Wildman–Crippen MR) is 100 cm³/mol. The molecule has 25 heavy (non-hydrogen) atoms. The second-order valence-electron chi connectivity index (χ2n) is 6.87. The van der Waals surface area contributed by atoms with E-state index in [0.717, 1.165) is 64.3 Å². The minimum atomic E-state index is -0.369. The summed E-state index contributed by atoms with van der Waals surface area (Å²) in [7, 11) is 0. The molecule has 1 unspecified atom stereocenters. The summed E-state index contributed by atoms with van der Waals surface area (Å²) in [4.78, 5) is 14.6. The molecule has 6 heteroatoms. The van der Waals surface area contributed by atoms with Gasteiger partial charge in [-0.05, 0) is 49.7 Å². The number of para-hydroxylation sites is 1. The van der Waals surface area contributed by atoms with Crippen molar-refractivity contribution in [3.05, 3.63) is 30.3 Å². The van der Waals surface area contributed by atoms with Crippen LogP contribution < -0.4 is 10.5 Å². The highest BCUT2D eigenvalue weighted by Gasteiger charge is 2.32. The van der Waals surface area contributed by atoms with Gasteiger partial charge in [0.05, 0.1) is 12.6 Å². The number of nitrogens with zero attached hydrogens (tertiary/aromatic N) is 1. The molecule has 0 spiro atoms. The molecule has 2 heterocycles.